The third-order valence-electron chi connectivity index (χ3n) is 4.41. The van der Waals surface area contributed by atoms with Crippen molar-refractivity contribution in [2.75, 3.05) is 5.32 Å². The van der Waals surface area contributed by atoms with Crippen LogP contribution in [0.1, 0.15) is 32.2 Å². The maximum Gasteiger partial charge on any atom is 0.258 e. The van der Waals surface area contributed by atoms with Gasteiger partial charge in [0.05, 0.1) is 34.8 Å². The van der Waals surface area contributed by atoms with E-state index >= 15 is 0 Å². The van der Waals surface area contributed by atoms with Crippen LogP contribution in [0.2, 0.25) is 0 Å². The van der Waals surface area contributed by atoms with Crippen molar-refractivity contribution in [3.8, 4) is 17.7 Å². The molecule has 31 heavy (non-hydrogen) atoms. The van der Waals surface area contributed by atoms with E-state index in [0.717, 1.165) is 4.88 Å². The van der Waals surface area contributed by atoms with E-state index < -0.39 is 0 Å². The molecule has 0 radical (unpaired) electrons. The maximum absolute atomic E-state index is 12.9. The molecule has 0 aliphatic rings. The molecule has 1 aromatic carbocycles. The molecule has 0 aliphatic carbocycles. The number of carbonyl (C=O) groups excluding carboxylic acids is 1. The summed E-state index contributed by atoms with van der Waals surface area (Å²) in [4.78, 5) is 22.3. The minimum atomic E-state index is -0.267. The van der Waals surface area contributed by atoms with Crippen molar-refractivity contribution in [3.05, 3.63) is 94.4 Å². The van der Waals surface area contributed by atoms with Crippen LogP contribution in [0.4, 0.5) is 5.69 Å². The Balaban J connectivity index is 1.47. The smallest absolute Gasteiger partial charge is 0.258 e. The number of aromatic nitrogens is 3. The summed E-state index contributed by atoms with van der Waals surface area (Å²) in [7, 11) is 0. The van der Waals surface area contributed by atoms with Gasteiger partial charge in [0, 0.05) is 29.3 Å². The van der Waals surface area contributed by atoms with Gasteiger partial charge in [-0.2, -0.15) is 9.64 Å². The predicted octanol–water partition coefficient (Wildman–Crippen LogP) is 4.75. The number of nitrogens with zero attached hydrogens (tertiary/aromatic N) is 4. The van der Waals surface area contributed by atoms with Gasteiger partial charge < -0.3 is 10.1 Å². The van der Waals surface area contributed by atoms with Gasteiger partial charge in [0.1, 0.15) is 5.75 Å². The van der Waals surface area contributed by atoms with E-state index in [0.29, 0.717) is 46.3 Å². The van der Waals surface area contributed by atoms with Crippen LogP contribution in [0.5, 0.6) is 11.6 Å². The summed E-state index contributed by atoms with van der Waals surface area (Å²) in [6.07, 6.45) is 3.56. The molecule has 1 amide bonds. The third-order valence-corrected chi connectivity index (χ3v) is 5.34. The van der Waals surface area contributed by atoms with Crippen LogP contribution in [0.15, 0.2) is 67.0 Å². The van der Waals surface area contributed by atoms with Gasteiger partial charge in [-0.15, -0.1) is 0 Å². The first-order valence-corrected chi connectivity index (χ1v) is 10.2. The first kappa shape index (κ1) is 20.2. The molecule has 0 aliphatic heterocycles. The molecule has 3 aromatic heterocycles. The summed E-state index contributed by atoms with van der Waals surface area (Å²) >= 11 is 1.26. The summed E-state index contributed by atoms with van der Waals surface area (Å²) in [5.74, 6) is 0.850. The van der Waals surface area contributed by atoms with Gasteiger partial charge in [-0.25, -0.2) is 4.98 Å². The number of hydrogen-bond donors (Lipinski definition) is 1. The summed E-state index contributed by atoms with van der Waals surface area (Å²) in [6.45, 7) is 1.79. The van der Waals surface area contributed by atoms with Gasteiger partial charge in [0.2, 0.25) is 5.88 Å². The van der Waals surface area contributed by atoms with E-state index in [-0.39, 0.29) is 5.91 Å². The number of aryl methyl sites for hydroxylation is 1. The van der Waals surface area contributed by atoms with E-state index in [1.54, 1.807) is 43.6 Å². The van der Waals surface area contributed by atoms with Gasteiger partial charge in [-0.05, 0) is 48.8 Å². The number of benzene rings is 1. The number of amides is 1. The second-order valence-electron chi connectivity index (χ2n) is 6.64. The van der Waals surface area contributed by atoms with Crippen LogP contribution in [0.25, 0.3) is 0 Å². The lowest BCUT2D eigenvalue weighted by atomic mass is 10.1. The van der Waals surface area contributed by atoms with E-state index in [1.807, 2.05) is 30.3 Å². The highest BCUT2D eigenvalue weighted by atomic mass is 32.1. The average molecular weight is 427 g/mol. The Bertz CT molecular complexity index is 1250. The monoisotopic (exact) mass is 427 g/mol. The first-order valence-electron chi connectivity index (χ1n) is 9.43. The number of hydrogen-bond acceptors (Lipinski definition) is 7. The van der Waals surface area contributed by atoms with E-state index in [2.05, 4.69) is 25.7 Å². The van der Waals surface area contributed by atoms with Crippen molar-refractivity contribution < 1.29 is 9.53 Å². The van der Waals surface area contributed by atoms with Crippen LogP contribution in [0.3, 0.4) is 0 Å². The summed E-state index contributed by atoms with van der Waals surface area (Å²) in [5.41, 5.74) is 2.94. The second-order valence-corrected chi connectivity index (χ2v) is 7.50. The van der Waals surface area contributed by atoms with Crippen molar-refractivity contribution in [3.63, 3.8) is 0 Å². The number of nitrogens with one attached hydrogen (secondary N) is 1. The molecule has 3 heterocycles. The Kier molecular flexibility index (Phi) is 5.96. The van der Waals surface area contributed by atoms with Crippen molar-refractivity contribution >= 4 is 23.1 Å². The van der Waals surface area contributed by atoms with Crippen LogP contribution < -0.4 is 10.1 Å². The lowest BCUT2D eigenvalue weighted by molar-refractivity contribution is 0.102. The average Bonchev–Trinajstić information content (AvgIpc) is 3.16. The van der Waals surface area contributed by atoms with Crippen molar-refractivity contribution in [1.82, 2.24) is 14.3 Å². The zero-order chi connectivity index (χ0) is 21.6. The summed E-state index contributed by atoms with van der Waals surface area (Å²) in [6, 6.07) is 18.2. The fraction of sp³-hybridized carbons (Fsp3) is 0.0870. The molecule has 8 heteroatoms. The SMILES string of the molecule is Cc1nsc(Cc2cc(C#N)ccn2)c1C(=O)Nc1ccc(Oc2ccccc2)nc1. The minimum absolute atomic E-state index is 0.267. The van der Waals surface area contributed by atoms with Crippen molar-refractivity contribution in [1.29, 1.82) is 5.26 Å². The van der Waals surface area contributed by atoms with Gasteiger partial charge in [0.25, 0.3) is 5.91 Å². The molecule has 0 spiro atoms. The highest BCUT2D eigenvalue weighted by Gasteiger charge is 2.19. The molecular formula is C23H17N5O2S. The molecular weight excluding hydrogens is 410 g/mol. The Morgan fingerprint density at radius 2 is 2.00 bits per heavy atom. The second kappa shape index (κ2) is 9.15. The van der Waals surface area contributed by atoms with Gasteiger partial charge in [0.15, 0.2) is 0 Å². The van der Waals surface area contributed by atoms with Gasteiger partial charge in [-0.1, -0.05) is 18.2 Å². The van der Waals surface area contributed by atoms with E-state index in [1.165, 1.54) is 11.5 Å². The number of nitriles is 1. The Labute approximate surface area is 183 Å². The molecule has 0 unspecified atom stereocenters. The lowest BCUT2D eigenvalue weighted by Crippen LogP contribution is -2.14. The fourth-order valence-corrected chi connectivity index (χ4v) is 3.84. The number of ether oxygens (including phenoxy) is 1. The Morgan fingerprint density at radius 3 is 2.74 bits per heavy atom. The molecule has 4 aromatic rings. The number of para-hydroxylation sites is 1. The normalized spacial score (nSPS) is 10.3. The maximum atomic E-state index is 12.9. The Hall–Kier alpha value is -4.09. The zero-order valence-electron chi connectivity index (χ0n) is 16.6. The molecule has 0 bridgehead atoms. The number of carbonyl (C=O) groups is 1. The molecule has 0 saturated carbocycles. The fourth-order valence-electron chi connectivity index (χ4n) is 2.95. The molecule has 152 valence electrons. The van der Waals surface area contributed by atoms with Crippen LogP contribution in [-0.2, 0) is 6.42 Å². The van der Waals surface area contributed by atoms with Crippen LogP contribution in [-0.4, -0.2) is 20.2 Å². The predicted molar refractivity (Wildman–Crippen MR) is 117 cm³/mol. The van der Waals surface area contributed by atoms with Gasteiger partial charge in [-0.3, -0.25) is 9.78 Å². The van der Waals surface area contributed by atoms with Crippen LogP contribution >= 0.6 is 11.5 Å². The molecule has 1 N–H and O–H groups in total. The minimum Gasteiger partial charge on any atom is -0.439 e. The molecule has 0 saturated heterocycles. The highest BCUT2D eigenvalue weighted by Crippen LogP contribution is 2.24. The topological polar surface area (TPSA) is 101 Å². The zero-order valence-corrected chi connectivity index (χ0v) is 17.4. The Morgan fingerprint density at radius 1 is 1.16 bits per heavy atom. The lowest BCUT2D eigenvalue weighted by Gasteiger charge is -2.08. The molecule has 0 atom stereocenters. The molecule has 0 fully saturated rings. The quantitative estimate of drug-likeness (QED) is 0.477. The highest BCUT2D eigenvalue weighted by molar-refractivity contribution is 7.06. The van der Waals surface area contributed by atoms with E-state index in [4.69, 9.17) is 10.00 Å². The largest absolute Gasteiger partial charge is 0.439 e. The van der Waals surface area contributed by atoms with Gasteiger partial charge >= 0.3 is 0 Å². The molecule has 4 rings (SSSR count). The molecule has 7 nitrogen and oxygen atoms in total. The number of anilines is 1. The van der Waals surface area contributed by atoms with E-state index in [9.17, 15) is 4.79 Å². The standard InChI is InChI=1S/C23H17N5O2S/c1-15-22(20(31-28-15)12-18-11-16(13-24)9-10-25-18)23(29)27-17-7-8-21(26-14-17)30-19-5-3-2-4-6-19/h2-11,14H,12H2,1H3,(H,27,29). The van der Waals surface area contributed by atoms with Crippen molar-refractivity contribution in [2.45, 2.75) is 13.3 Å². The first-order chi connectivity index (χ1) is 15.1. The van der Waals surface area contributed by atoms with Crippen LogP contribution in [0, 0.1) is 18.3 Å². The summed E-state index contributed by atoms with van der Waals surface area (Å²) < 4.78 is 10.0. The number of rotatable bonds is 6. The number of pyridine rings is 2. The third kappa shape index (κ3) is 4.91. The summed E-state index contributed by atoms with van der Waals surface area (Å²) in [5, 5.41) is 11.9. The van der Waals surface area contributed by atoms with Crippen molar-refractivity contribution in [2.24, 2.45) is 0 Å².